The zero-order valence-electron chi connectivity index (χ0n) is 6.39. The van der Waals surface area contributed by atoms with Gasteiger partial charge in [0.25, 0.3) is 0 Å². The standard InChI is InChI=1S/C10H9Cl/c1-7-5-9(11)6-8-3-2-4-10(7)8/h2,4-6H,3H2,1H3. The second-order valence-corrected chi connectivity index (χ2v) is 3.34. The number of aryl methyl sites for hydroxylation is 1. The molecule has 0 nitrogen and oxygen atoms in total. The molecular formula is C10H9Cl. The SMILES string of the molecule is Cc1cc(Cl)cc2c1C=CC2. The van der Waals surface area contributed by atoms with Gasteiger partial charge in [-0.05, 0) is 42.2 Å². The summed E-state index contributed by atoms with van der Waals surface area (Å²) in [5.74, 6) is 0. The maximum Gasteiger partial charge on any atom is 0.0411 e. The van der Waals surface area contributed by atoms with E-state index in [1.54, 1.807) is 0 Å². The first-order chi connectivity index (χ1) is 5.27. The Bertz CT molecular complexity index is 324. The molecule has 0 saturated carbocycles. The molecule has 1 aliphatic carbocycles. The first-order valence-corrected chi connectivity index (χ1v) is 4.11. The Balaban J connectivity index is 2.67. The maximum absolute atomic E-state index is 5.90. The van der Waals surface area contributed by atoms with Crippen LogP contribution in [-0.2, 0) is 6.42 Å². The lowest BCUT2D eigenvalue weighted by Crippen LogP contribution is -1.85. The molecule has 0 N–H and O–H groups in total. The van der Waals surface area contributed by atoms with Crippen molar-refractivity contribution in [2.24, 2.45) is 0 Å². The van der Waals surface area contributed by atoms with Crippen molar-refractivity contribution in [3.05, 3.63) is 39.9 Å². The summed E-state index contributed by atoms with van der Waals surface area (Å²) in [6.07, 6.45) is 5.38. The minimum atomic E-state index is 0.852. The second-order valence-electron chi connectivity index (χ2n) is 2.90. The van der Waals surface area contributed by atoms with Gasteiger partial charge in [0, 0.05) is 5.02 Å². The fourth-order valence-electron chi connectivity index (χ4n) is 1.53. The molecule has 0 heterocycles. The van der Waals surface area contributed by atoms with E-state index in [2.05, 4.69) is 19.1 Å². The quantitative estimate of drug-likeness (QED) is 0.553. The summed E-state index contributed by atoms with van der Waals surface area (Å²) in [5.41, 5.74) is 3.99. The third-order valence-electron chi connectivity index (χ3n) is 2.06. The van der Waals surface area contributed by atoms with E-state index in [1.165, 1.54) is 16.7 Å². The van der Waals surface area contributed by atoms with Crippen LogP contribution in [0.3, 0.4) is 0 Å². The molecular weight excluding hydrogens is 156 g/mol. The molecule has 0 fully saturated rings. The van der Waals surface area contributed by atoms with Crippen molar-refractivity contribution < 1.29 is 0 Å². The summed E-state index contributed by atoms with van der Waals surface area (Å²) in [4.78, 5) is 0. The van der Waals surface area contributed by atoms with Crippen LogP contribution in [0.2, 0.25) is 5.02 Å². The molecule has 1 heteroatoms. The highest BCUT2D eigenvalue weighted by Crippen LogP contribution is 2.26. The average Bonchev–Trinajstić information content (AvgIpc) is 2.34. The third-order valence-corrected chi connectivity index (χ3v) is 2.28. The second kappa shape index (κ2) is 2.38. The number of allylic oxidation sites excluding steroid dienone is 1. The van der Waals surface area contributed by atoms with Gasteiger partial charge in [-0.15, -0.1) is 0 Å². The van der Waals surface area contributed by atoms with Crippen molar-refractivity contribution in [3.8, 4) is 0 Å². The molecule has 0 spiro atoms. The van der Waals surface area contributed by atoms with Crippen LogP contribution in [0.1, 0.15) is 16.7 Å². The van der Waals surface area contributed by atoms with Crippen LogP contribution in [0.4, 0.5) is 0 Å². The highest BCUT2D eigenvalue weighted by molar-refractivity contribution is 6.30. The van der Waals surface area contributed by atoms with Crippen LogP contribution in [-0.4, -0.2) is 0 Å². The van der Waals surface area contributed by atoms with Gasteiger partial charge in [-0.1, -0.05) is 23.8 Å². The Hall–Kier alpha value is -0.750. The number of hydrogen-bond acceptors (Lipinski definition) is 0. The first kappa shape index (κ1) is 6.93. The Morgan fingerprint density at radius 3 is 3.00 bits per heavy atom. The molecule has 1 aromatic carbocycles. The van der Waals surface area contributed by atoms with Crippen LogP contribution in [0, 0.1) is 6.92 Å². The minimum absolute atomic E-state index is 0.852. The summed E-state index contributed by atoms with van der Waals surface area (Å²) in [5, 5.41) is 0.852. The molecule has 0 aliphatic heterocycles. The molecule has 0 bridgehead atoms. The Labute approximate surface area is 71.5 Å². The van der Waals surface area contributed by atoms with Gasteiger partial charge >= 0.3 is 0 Å². The van der Waals surface area contributed by atoms with Crippen molar-refractivity contribution >= 4 is 17.7 Å². The van der Waals surface area contributed by atoms with Gasteiger partial charge in [0.05, 0.1) is 0 Å². The van der Waals surface area contributed by atoms with Gasteiger partial charge in [0.1, 0.15) is 0 Å². The predicted molar refractivity (Wildman–Crippen MR) is 48.9 cm³/mol. The summed E-state index contributed by atoms with van der Waals surface area (Å²) in [6, 6.07) is 4.06. The highest BCUT2D eigenvalue weighted by Gasteiger charge is 2.07. The Morgan fingerprint density at radius 2 is 2.18 bits per heavy atom. The molecule has 1 aliphatic rings. The van der Waals surface area contributed by atoms with Crippen molar-refractivity contribution in [2.75, 3.05) is 0 Å². The van der Waals surface area contributed by atoms with Gasteiger partial charge in [-0.25, -0.2) is 0 Å². The van der Waals surface area contributed by atoms with Gasteiger partial charge in [0.2, 0.25) is 0 Å². The van der Waals surface area contributed by atoms with E-state index in [-0.39, 0.29) is 0 Å². The van der Waals surface area contributed by atoms with E-state index in [0.717, 1.165) is 11.4 Å². The summed E-state index contributed by atoms with van der Waals surface area (Å²) >= 11 is 5.90. The van der Waals surface area contributed by atoms with Crippen molar-refractivity contribution in [3.63, 3.8) is 0 Å². The van der Waals surface area contributed by atoms with E-state index < -0.39 is 0 Å². The van der Waals surface area contributed by atoms with Crippen LogP contribution in [0.15, 0.2) is 18.2 Å². The van der Waals surface area contributed by atoms with Gasteiger partial charge in [-0.2, -0.15) is 0 Å². The maximum atomic E-state index is 5.90. The van der Waals surface area contributed by atoms with E-state index in [1.807, 2.05) is 12.1 Å². The van der Waals surface area contributed by atoms with Crippen molar-refractivity contribution in [1.82, 2.24) is 0 Å². The first-order valence-electron chi connectivity index (χ1n) is 3.73. The largest absolute Gasteiger partial charge is 0.0843 e. The number of fused-ring (bicyclic) bond motifs is 1. The molecule has 2 rings (SSSR count). The van der Waals surface area contributed by atoms with Crippen LogP contribution < -0.4 is 0 Å². The Morgan fingerprint density at radius 1 is 1.36 bits per heavy atom. The molecule has 0 atom stereocenters. The molecule has 0 unspecified atom stereocenters. The Kier molecular flexibility index (Phi) is 1.50. The lowest BCUT2D eigenvalue weighted by atomic mass is 10.1. The summed E-state index contributed by atoms with van der Waals surface area (Å²) < 4.78 is 0. The minimum Gasteiger partial charge on any atom is -0.0843 e. The summed E-state index contributed by atoms with van der Waals surface area (Å²) in [6.45, 7) is 2.10. The van der Waals surface area contributed by atoms with E-state index in [4.69, 9.17) is 11.6 Å². The van der Waals surface area contributed by atoms with Gasteiger partial charge < -0.3 is 0 Å². The van der Waals surface area contributed by atoms with Gasteiger partial charge in [-0.3, -0.25) is 0 Å². The van der Waals surface area contributed by atoms with E-state index in [0.29, 0.717) is 0 Å². The zero-order chi connectivity index (χ0) is 7.84. The van der Waals surface area contributed by atoms with Crippen molar-refractivity contribution in [2.45, 2.75) is 13.3 Å². The fraction of sp³-hybridized carbons (Fsp3) is 0.200. The monoisotopic (exact) mass is 164 g/mol. The molecule has 56 valence electrons. The molecule has 0 saturated heterocycles. The lowest BCUT2D eigenvalue weighted by Gasteiger charge is -2.02. The molecule has 0 amide bonds. The predicted octanol–water partition coefficient (Wildman–Crippen LogP) is 3.22. The topological polar surface area (TPSA) is 0 Å². The smallest absolute Gasteiger partial charge is 0.0411 e. The normalized spacial score (nSPS) is 13.6. The zero-order valence-corrected chi connectivity index (χ0v) is 7.15. The number of hydrogen-bond donors (Lipinski definition) is 0. The van der Waals surface area contributed by atoms with Crippen LogP contribution in [0.25, 0.3) is 6.08 Å². The number of rotatable bonds is 0. The molecule has 1 aromatic rings. The third kappa shape index (κ3) is 1.08. The number of halogens is 1. The van der Waals surface area contributed by atoms with Crippen LogP contribution in [0.5, 0.6) is 0 Å². The highest BCUT2D eigenvalue weighted by atomic mass is 35.5. The number of benzene rings is 1. The molecule has 0 aromatic heterocycles. The van der Waals surface area contributed by atoms with Gasteiger partial charge in [0.15, 0.2) is 0 Å². The fourth-order valence-corrected chi connectivity index (χ4v) is 1.83. The molecule has 11 heavy (non-hydrogen) atoms. The van der Waals surface area contributed by atoms with E-state index in [9.17, 15) is 0 Å². The lowest BCUT2D eigenvalue weighted by molar-refractivity contribution is 1.28. The van der Waals surface area contributed by atoms with E-state index >= 15 is 0 Å². The average molecular weight is 165 g/mol. The van der Waals surface area contributed by atoms with Crippen LogP contribution >= 0.6 is 11.6 Å². The molecule has 0 radical (unpaired) electrons. The van der Waals surface area contributed by atoms with Crippen molar-refractivity contribution in [1.29, 1.82) is 0 Å². The summed E-state index contributed by atoms with van der Waals surface area (Å²) in [7, 11) is 0.